The van der Waals surface area contributed by atoms with Gasteiger partial charge in [-0.15, -0.1) is 11.3 Å². The average molecular weight is 317 g/mol. The lowest BCUT2D eigenvalue weighted by Gasteiger charge is -2.01. The van der Waals surface area contributed by atoms with E-state index >= 15 is 0 Å². The molecule has 0 aliphatic rings. The molecule has 5 heteroatoms. The Morgan fingerprint density at radius 3 is 2.27 bits per heavy atom. The second-order valence-corrected chi connectivity index (χ2v) is 5.98. The predicted octanol–water partition coefficient (Wildman–Crippen LogP) is 5.07. The normalized spacial score (nSPS) is 10.7. The minimum Gasteiger partial charge on any atom is -0.497 e. The minimum atomic E-state index is -0.865. The van der Waals surface area contributed by atoms with Gasteiger partial charge in [0.05, 0.1) is 12.8 Å². The maximum absolute atomic E-state index is 13.4. The molecule has 0 N–H and O–H groups in total. The van der Waals surface area contributed by atoms with E-state index in [9.17, 15) is 8.78 Å². The smallest absolute Gasteiger partial charge is 0.159 e. The van der Waals surface area contributed by atoms with Crippen molar-refractivity contribution < 1.29 is 13.5 Å². The lowest BCUT2D eigenvalue weighted by molar-refractivity contribution is 0.415. The number of aromatic nitrogens is 1. The van der Waals surface area contributed by atoms with Gasteiger partial charge in [0, 0.05) is 16.0 Å². The molecule has 0 spiro atoms. The molecule has 0 aliphatic heterocycles. The molecule has 0 radical (unpaired) electrons. The highest BCUT2D eigenvalue weighted by atomic mass is 32.1. The van der Waals surface area contributed by atoms with Crippen LogP contribution in [-0.2, 0) is 0 Å². The van der Waals surface area contributed by atoms with E-state index < -0.39 is 11.6 Å². The van der Waals surface area contributed by atoms with Crippen molar-refractivity contribution in [2.45, 2.75) is 6.92 Å². The number of hydrogen-bond acceptors (Lipinski definition) is 3. The van der Waals surface area contributed by atoms with E-state index in [0.717, 1.165) is 27.3 Å². The Labute approximate surface area is 131 Å². The summed E-state index contributed by atoms with van der Waals surface area (Å²) in [4.78, 5) is 5.52. The lowest BCUT2D eigenvalue weighted by atomic mass is 10.1. The van der Waals surface area contributed by atoms with Gasteiger partial charge in [0.1, 0.15) is 10.8 Å². The number of methoxy groups -OCH3 is 1. The summed E-state index contributed by atoms with van der Waals surface area (Å²) in [7, 11) is 1.61. The van der Waals surface area contributed by atoms with Gasteiger partial charge in [-0.3, -0.25) is 0 Å². The van der Waals surface area contributed by atoms with E-state index in [1.54, 1.807) is 7.11 Å². The molecular weight excluding hydrogens is 304 g/mol. The molecular formula is C17H13F2NOS. The Morgan fingerprint density at radius 1 is 0.955 bits per heavy atom. The number of nitrogens with zero attached hydrogens (tertiary/aromatic N) is 1. The highest BCUT2D eigenvalue weighted by molar-refractivity contribution is 7.15. The van der Waals surface area contributed by atoms with Crippen LogP contribution in [0.25, 0.3) is 21.8 Å². The maximum Gasteiger partial charge on any atom is 0.159 e. The third kappa shape index (κ3) is 2.72. The van der Waals surface area contributed by atoms with Crippen LogP contribution in [0.4, 0.5) is 8.78 Å². The number of halogens is 2. The Kier molecular flexibility index (Phi) is 3.90. The number of thiazole rings is 1. The second kappa shape index (κ2) is 5.85. The van der Waals surface area contributed by atoms with Crippen LogP contribution >= 0.6 is 11.3 Å². The molecule has 0 unspecified atom stereocenters. The van der Waals surface area contributed by atoms with Gasteiger partial charge in [-0.1, -0.05) is 0 Å². The first-order valence-electron chi connectivity index (χ1n) is 6.66. The van der Waals surface area contributed by atoms with Crippen molar-refractivity contribution >= 4 is 11.3 Å². The Morgan fingerprint density at radius 2 is 1.64 bits per heavy atom. The number of rotatable bonds is 3. The molecule has 0 bridgehead atoms. The first kappa shape index (κ1) is 14.7. The average Bonchev–Trinajstić information content (AvgIpc) is 2.92. The molecule has 2 aromatic carbocycles. The van der Waals surface area contributed by atoms with Gasteiger partial charge in [0.15, 0.2) is 11.6 Å². The third-order valence-electron chi connectivity index (χ3n) is 3.33. The molecule has 3 rings (SSSR count). The van der Waals surface area contributed by atoms with Gasteiger partial charge in [-0.2, -0.15) is 0 Å². The van der Waals surface area contributed by atoms with Gasteiger partial charge in [-0.25, -0.2) is 13.8 Å². The van der Waals surface area contributed by atoms with Crippen LogP contribution in [0.2, 0.25) is 0 Å². The molecule has 0 saturated heterocycles. The fraction of sp³-hybridized carbons (Fsp3) is 0.118. The SMILES string of the molecule is COc1ccc(-c2nc(-c3ccc(F)c(F)c3)c(C)s2)cc1. The van der Waals surface area contributed by atoms with Crippen LogP contribution in [-0.4, -0.2) is 12.1 Å². The molecule has 0 atom stereocenters. The first-order valence-corrected chi connectivity index (χ1v) is 7.47. The van der Waals surface area contributed by atoms with Gasteiger partial charge in [0.2, 0.25) is 0 Å². The summed E-state index contributed by atoms with van der Waals surface area (Å²) in [5.74, 6) is -0.944. The molecule has 0 fully saturated rings. The third-order valence-corrected chi connectivity index (χ3v) is 4.35. The zero-order chi connectivity index (χ0) is 15.7. The van der Waals surface area contributed by atoms with Gasteiger partial charge >= 0.3 is 0 Å². The van der Waals surface area contributed by atoms with Crippen LogP contribution in [0, 0.1) is 18.6 Å². The quantitative estimate of drug-likeness (QED) is 0.672. The summed E-state index contributed by atoms with van der Waals surface area (Å²) < 4.78 is 31.6. The van der Waals surface area contributed by atoms with Crippen molar-refractivity contribution in [1.29, 1.82) is 0 Å². The molecule has 112 valence electrons. The van der Waals surface area contributed by atoms with E-state index in [-0.39, 0.29) is 0 Å². The highest BCUT2D eigenvalue weighted by Crippen LogP contribution is 2.34. The minimum absolute atomic E-state index is 0.576. The number of aryl methyl sites for hydroxylation is 1. The zero-order valence-electron chi connectivity index (χ0n) is 12.1. The molecule has 1 heterocycles. The monoisotopic (exact) mass is 317 g/mol. The Hall–Kier alpha value is -2.27. The van der Waals surface area contributed by atoms with E-state index in [1.165, 1.54) is 23.5 Å². The summed E-state index contributed by atoms with van der Waals surface area (Å²) in [6, 6.07) is 11.4. The molecule has 2 nitrogen and oxygen atoms in total. The largest absolute Gasteiger partial charge is 0.497 e. The van der Waals surface area contributed by atoms with E-state index in [4.69, 9.17) is 4.74 Å². The van der Waals surface area contributed by atoms with Crippen LogP contribution < -0.4 is 4.74 Å². The first-order chi connectivity index (χ1) is 10.6. The Bertz CT molecular complexity index is 812. The predicted molar refractivity (Wildman–Crippen MR) is 84.2 cm³/mol. The number of ether oxygens (including phenoxy) is 1. The summed E-state index contributed by atoms with van der Waals surface area (Å²) >= 11 is 1.52. The summed E-state index contributed by atoms with van der Waals surface area (Å²) in [6.07, 6.45) is 0. The standard InChI is InChI=1S/C17H13F2NOS/c1-10-16(12-5-8-14(18)15(19)9-12)20-17(22-10)11-3-6-13(21-2)7-4-11/h3-9H,1-2H3. The summed E-state index contributed by atoms with van der Waals surface area (Å²) in [5, 5.41) is 0.833. The van der Waals surface area contributed by atoms with Crippen molar-refractivity contribution in [3.05, 3.63) is 59.0 Å². The molecule has 0 aliphatic carbocycles. The van der Waals surface area contributed by atoms with Crippen molar-refractivity contribution in [1.82, 2.24) is 4.98 Å². The second-order valence-electron chi connectivity index (χ2n) is 4.78. The van der Waals surface area contributed by atoms with Crippen molar-refractivity contribution in [3.63, 3.8) is 0 Å². The summed E-state index contributed by atoms with van der Waals surface area (Å²) in [5.41, 5.74) is 2.21. The van der Waals surface area contributed by atoms with Crippen LogP contribution in [0.15, 0.2) is 42.5 Å². The van der Waals surface area contributed by atoms with Crippen LogP contribution in [0.3, 0.4) is 0 Å². The topological polar surface area (TPSA) is 22.1 Å². The van der Waals surface area contributed by atoms with Crippen LogP contribution in [0.1, 0.15) is 4.88 Å². The van der Waals surface area contributed by atoms with E-state index in [2.05, 4.69) is 4.98 Å². The van der Waals surface area contributed by atoms with Crippen molar-refractivity contribution in [2.75, 3.05) is 7.11 Å². The fourth-order valence-corrected chi connectivity index (χ4v) is 3.11. The molecule has 1 aromatic heterocycles. The van der Waals surface area contributed by atoms with Gasteiger partial charge in [0.25, 0.3) is 0 Å². The Balaban J connectivity index is 2.00. The fourth-order valence-electron chi connectivity index (χ4n) is 2.16. The highest BCUT2D eigenvalue weighted by Gasteiger charge is 2.13. The zero-order valence-corrected chi connectivity index (χ0v) is 12.9. The maximum atomic E-state index is 13.4. The van der Waals surface area contributed by atoms with Gasteiger partial charge in [-0.05, 0) is 49.4 Å². The number of hydrogen-bond donors (Lipinski definition) is 0. The van der Waals surface area contributed by atoms with Crippen molar-refractivity contribution in [3.8, 4) is 27.6 Å². The molecule has 3 aromatic rings. The summed E-state index contributed by atoms with van der Waals surface area (Å²) in [6.45, 7) is 1.92. The lowest BCUT2D eigenvalue weighted by Crippen LogP contribution is -1.87. The molecule has 0 saturated carbocycles. The number of benzene rings is 2. The van der Waals surface area contributed by atoms with E-state index in [1.807, 2.05) is 31.2 Å². The van der Waals surface area contributed by atoms with Crippen molar-refractivity contribution in [2.24, 2.45) is 0 Å². The molecule has 22 heavy (non-hydrogen) atoms. The van der Waals surface area contributed by atoms with Crippen LogP contribution in [0.5, 0.6) is 5.75 Å². The van der Waals surface area contributed by atoms with Gasteiger partial charge < -0.3 is 4.74 Å². The molecule has 0 amide bonds. The van der Waals surface area contributed by atoms with E-state index in [0.29, 0.717) is 11.3 Å².